The number of benzene rings is 8. The van der Waals surface area contributed by atoms with Gasteiger partial charge in [-0.2, -0.15) is 0 Å². The molecule has 0 saturated heterocycles. The molecule has 0 atom stereocenters. The zero-order valence-corrected chi connectivity index (χ0v) is 30.5. The van der Waals surface area contributed by atoms with Crippen LogP contribution in [0.1, 0.15) is 25.0 Å². The molecule has 1 aliphatic carbocycles. The summed E-state index contributed by atoms with van der Waals surface area (Å²) in [5.74, 6) is 0. The van der Waals surface area contributed by atoms with Gasteiger partial charge >= 0.3 is 0 Å². The summed E-state index contributed by atoms with van der Waals surface area (Å²) < 4.78 is 5.31. The molecule has 0 radical (unpaired) electrons. The number of fused-ring (bicyclic) bond motifs is 11. The first-order chi connectivity index (χ1) is 25.5. The van der Waals surface area contributed by atoms with Gasteiger partial charge in [0.1, 0.15) is 0 Å². The van der Waals surface area contributed by atoms with Crippen LogP contribution in [-0.4, -0.2) is 0 Å². The molecule has 246 valence electrons. The second kappa shape index (κ2) is 11.1. The van der Waals surface area contributed by atoms with Crippen LogP contribution in [0.15, 0.2) is 164 Å². The second-order valence-electron chi connectivity index (χ2n) is 14.5. The third-order valence-corrected chi connectivity index (χ3v) is 13.5. The Balaban J connectivity index is 1.09. The number of nitrogens with zero attached hydrogens (tertiary/aromatic N) is 1. The van der Waals surface area contributed by atoms with Crippen molar-refractivity contribution in [2.45, 2.75) is 19.3 Å². The van der Waals surface area contributed by atoms with Gasteiger partial charge in [0.15, 0.2) is 0 Å². The quantitative estimate of drug-likeness (QED) is 0.177. The van der Waals surface area contributed by atoms with Gasteiger partial charge in [0.2, 0.25) is 0 Å². The van der Waals surface area contributed by atoms with Gasteiger partial charge in [-0.25, -0.2) is 0 Å². The number of hydrogen-bond donors (Lipinski definition) is 0. The zero-order chi connectivity index (χ0) is 34.6. The van der Waals surface area contributed by atoms with Crippen molar-refractivity contribution in [3.63, 3.8) is 0 Å². The fourth-order valence-corrected chi connectivity index (χ4v) is 11.0. The maximum absolute atomic E-state index is 2.48. The molecule has 0 saturated carbocycles. The Labute approximate surface area is 310 Å². The van der Waals surface area contributed by atoms with Crippen LogP contribution in [0.5, 0.6) is 0 Å². The van der Waals surface area contributed by atoms with Gasteiger partial charge in [-0.3, -0.25) is 0 Å². The van der Waals surface area contributed by atoms with Gasteiger partial charge in [0.25, 0.3) is 0 Å². The first-order valence-corrected chi connectivity index (χ1v) is 19.6. The summed E-state index contributed by atoms with van der Waals surface area (Å²) in [6.45, 7) is 4.72. The number of hydrogen-bond acceptors (Lipinski definition) is 3. The third-order valence-electron chi connectivity index (χ3n) is 11.3. The molecule has 0 unspecified atom stereocenters. The highest BCUT2D eigenvalue weighted by atomic mass is 32.1. The summed E-state index contributed by atoms with van der Waals surface area (Å²) >= 11 is 3.75. The van der Waals surface area contributed by atoms with Crippen LogP contribution in [0.2, 0.25) is 0 Å². The summed E-state index contributed by atoms with van der Waals surface area (Å²) in [5, 5.41) is 7.93. The van der Waals surface area contributed by atoms with Gasteiger partial charge < -0.3 is 4.90 Å². The molecule has 11 rings (SSSR count). The Bertz CT molecular complexity index is 3050. The predicted octanol–water partition coefficient (Wildman–Crippen LogP) is 15.0. The number of rotatable bonds is 4. The Morgan fingerprint density at radius 2 is 1.10 bits per heavy atom. The molecule has 0 aliphatic heterocycles. The van der Waals surface area contributed by atoms with Crippen LogP contribution in [0.3, 0.4) is 0 Å². The minimum absolute atomic E-state index is 0.0812. The van der Waals surface area contributed by atoms with Crippen LogP contribution in [0, 0.1) is 0 Å². The van der Waals surface area contributed by atoms with Crippen molar-refractivity contribution in [2.24, 2.45) is 0 Å². The van der Waals surface area contributed by atoms with Crippen LogP contribution >= 0.6 is 22.7 Å². The van der Waals surface area contributed by atoms with E-state index in [1.54, 1.807) is 0 Å². The van der Waals surface area contributed by atoms with E-state index < -0.39 is 0 Å². The van der Waals surface area contributed by atoms with E-state index in [1.807, 2.05) is 22.7 Å². The van der Waals surface area contributed by atoms with Crippen molar-refractivity contribution in [3.05, 3.63) is 175 Å². The van der Waals surface area contributed by atoms with Crippen LogP contribution in [0.25, 0.3) is 73.4 Å². The summed E-state index contributed by atoms with van der Waals surface area (Å²) in [6.07, 6.45) is 0. The summed E-state index contributed by atoms with van der Waals surface area (Å²) in [5.41, 5.74) is 11.3. The van der Waals surface area contributed by atoms with Crippen molar-refractivity contribution in [1.82, 2.24) is 0 Å². The Kier molecular flexibility index (Phi) is 6.41. The van der Waals surface area contributed by atoms with Gasteiger partial charge in [0.05, 0.1) is 5.69 Å². The Morgan fingerprint density at radius 3 is 1.96 bits per heavy atom. The highest BCUT2D eigenvalue weighted by Gasteiger charge is 2.37. The first kappa shape index (κ1) is 29.9. The third kappa shape index (κ3) is 4.33. The highest BCUT2D eigenvalue weighted by Crippen LogP contribution is 2.54. The normalized spacial score (nSPS) is 13.3. The molecular formula is C49H33NS2. The fourth-order valence-electron chi connectivity index (χ4n) is 8.73. The highest BCUT2D eigenvalue weighted by molar-refractivity contribution is 7.26. The van der Waals surface area contributed by atoms with Crippen molar-refractivity contribution in [1.29, 1.82) is 0 Å². The molecule has 0 amide bonds. The maximum Gasteiger partial charge on any atom is 0.0543 e. The minimum atomic E-state index is -0.0812. The van der Waals surface area contributed by atoms with E-state index in [4.69, 9.17) is 0 Å². The smallest absolute Gasteiger partial charge is 0.0543 e. The SMILES string of the molecule is CC1(C)c2ccccc2-c2c(N(c3ccc(-c4ccc5ccc6sc7ccccc7c6c5c4)cc3)c3ccc4c(c3)sc3ccccc34)cccc21. The van der Waals surface area contributed by atoms with Gasteiger partial charge in [-0.1, -0.05) is 123 Å². The molecule has 10 aromatic rings. The summed E-state index contributed by atoms with van der Waals surface area (Å²) in [7, 11) is 0. The molecule has 1 nitrogen and oxygen atoms in total. The van der Waals surface area contributed by atoms with E-state index >= 15 is 0 Å². The van der Waals surface area contributed by atoms with E-state index in [9.17, 15) is 0 Å². The van der Waals surface area contributed by atoms with Crippen molar-refractivity contribution < 1.29 is 0 Å². The molecule has 0 bridgehead atoms. The molecular weight excluding hydrogens is 667 g/mol. The van der Waals surface area contributed by atoms with Gasteiger partial charge in [-0.05, 0) is 93.2 Å². The van der Waals surface area contributed by atoms with E-state index in [0.717, 1.165) is 5.69 Å². The standard InChI is InChI=1S/C49H33NS2/c1-49(2)40-13-6-3-11-37(40)48-41(49)14-9-15-42(48)50(34-25-26-36-35-10-4-7-16-43(35)52-46(36)29-34)33-23-20-30(21-24-33)32-19-18-31-22-27-45-47(39(31)28-32)38-12-5-8-17-44(38)51-45/h3-29H,1-2H3. The molecule has 0 spiro atoms. The van der Waals surface area contributed by atoms with Crippen molar-refractivity contribution in [2.75, 3.05) is 4.90 Å². The summed E-state index contributed by atoms with van der Waals surface area (Å²) in [4.78, 5) is 2.48. The Hall–Kier alpha value is -5.74. The van der Waals surface area contributed by atoms with Crippen molar-refractivity contribution in [3.8, 4) is 22.3 Å². The monoisotopic (exact) mass is 699 g/mol. The Morgan fingerprint density at radius 1 is 0.442 bits per heavy atom. The van der Waals surface area contributed by atoms with Crippen LogP contribution in [0.4, 0.5) is 17.1 Å². The zero-order valence-electron chi connectivity index (χ0n) is 28.9. The lowest BCUT2D eigenvalue weighted by Crippen LogP contribution is -2.16. The predicted molar refractivity (Wildman–Crippen MR) is 227 cm³/mol. The van der Waals surface area contributed by atoms with Gasteiger partial charge in [0, 0.05) is 62.7 Å². The average molecular weight is 700 g/mol. The molecule has 2 heterocycles. The molecule has 1 aliphatic rings. The molecule has 0 fully saturated rings. The second-order valence-corrected chi connectivity index (χ2v) is 16.7. The fraction of sp³-hybridized carbons (Fsp3) is 0.0612. The average Bonchev–Trinajstić information content (AvgIpc) is 3.83. The van der Waals surface area contributed by atoms with Crippen LogP contribution < -0.4 is 4.90 Å². The first-order valence-electron chi connectivity index (χ1n) is 17.9. The van der Waals surface area contributed by atoms with E-state index in [-0.39, 0.29) is 5.41 Å². The molecule has 8 aromatic carbocycles. The topological polar surface area (TPSA) is 3.24 Å². The molecule has 2 aromatic heterocycles. The molecule has 3 heteroatoms. The van der Waals surface area contributed by atoms with Crippen LogP contribution in [-0.2, 0) is 5.41 Å². The van der Waals surface area contributed by atoms with E-state index in [0.29, 0.717) is 0 Å². The minimum Gasteiger partial charge on any atom is -0.310 e. The lowest BCUT2D eigenvalue weighted by molar-refractivity contribution is 0.660. The number of thiophene rings is 2. The lowest BCUT2D eigenvalue weighted by Gasteiger charge is -2.29. The maximum atomic E-state index is 2.48. The number of anilines is 3. The van der Waals surface area contributed by atoms with E-state index in [1.165, 1.54) is 95.9 Å². The molecule has 52 heavy (non-hydrogen) atoms. The lowest BCUT2D eigenvalue weighted by atomic mass is 9.82. The molecule has 0 N–H and O–H groups in total. The summed E-state index contributed by atoms with van der Waals surface area (Å²) in [6, 6.07) is 61.1. The van der Waals surface area contributed by atoms with E-state index in [2.05, 4.69) is 183 Å². The van der Waals surface area contributed by atoms with Gasteiger partial charge in [-0.15, -0.1) is 22.7 Å². The largest absolute Gasteiger partial charge is 0.310 e. The van der Waals surface area contributed by atoms with Crippen molar-refractivity contribution >= 4 is 90.9 Å².